The maximum Gasteiger partial charge on any atom is 0.123 e. The van der Waals surface area contributed by atoms with Crippen LogP contribution in [-0.4, -0.2) is 28.6 Å². The molecule has 3 N–H and O–H groups in total. The van der Waals surface area contributed by atoms with Gasteiger partial charge in [-0.15, -0.1) is 0 Å². The van der Waals surface area contributed by atoms with Gasteiger partial charge in [-0.05, 0) is 44.9 Å². The van der Waals surface area contributed by atoms with Gasteiger partial charge < -0.3 is 10.8 Å². The largest absolute Gasteiger partial charge is 0.508 e. The zero-order valence-corrected chi connectivity index (χ0v) is 11.6. The van der Waals surface area contributed by atoms with Gasteiger partial charge in [0.1, 0.15) is 11.6 Å². The summed E-state index contributed by atoms with van der Waals surface area (Å²) in [6.45, 7) is 4.79. The van der Waals surface area contributed by atoms with Crippen LogP contribution in [0.5, 0.6) is 5.75 Å². The molecular formula is C15H23FN2O. The summed E-state index contributed by atoms with van der Waals surface area (Å²) in [4.78, 5) is 2.32. The molecule has 1 aliphatic rings. The van der Waals surface area contributed by atoms with Crippen molar-refractivity contribution in [2.45, 2.75) is 51.2 Å². The maximum absolute atomic E-state index is 13.4. The molecule has 0 aromatic heterocycles. The van der Waals surface area contributed by atoms with Crippen LogP contribution < -0.4 is 5.73 Å². The first-order valence-corrected chi connectivity index (χ1v) is 7.00. The van der Waals surface area contributed by atoms with E-state index in [1.165, 1.54) is 24.6 Å². The van der Waals surface area contributed by atoms with Gasteiger partial charge >= 0.3 is 0 Å². The second-order valence-corrected chi connectivity index (χ2v) is 5.50. The summed E-state index contributed by atoms with van der Waals surface area (Å²) in [6, 6.07) is 4.81. The summed E-state index contributed by atoms with van der Waals surface area (Å²) < 4.78 is 13.4. The molecule has 3 atom stereocenters. The predicted molar refractivity (Wildman–Crippen MR) is 74.5 cm³/mol. The number of halogens is 1. The standard InChI is InChI=1S/C15H23FN2O/c1-10-4-3-5-13(9-17)18(10)11(2)14-8-12(16)6-7-15(14)19/h6-8,10-11,13,19H,3-5,9,17H2,1-2H3. The van der Waals surface area contributed by atoms with Crippen LogP contribution in [-0.2, 0) is 0 Å². The molecule has 1 aromatic carbocycles. The Morgan fingerprint density at radius 3 is 2.89 bits per heavy atom. The number of nitrogens with zero attached hydrogens (tertiary/aromatic N) is 1. The number of hydrogen-bond acceptors (Lipinski definition) is 3. The van der Waals surface area contributed by atoms with E-state index in [1.807, 2.05) is 6.92 Å². The Morgan fingerprint density at radius 2 is 2.21 bits per heavy atom. The zero-order valence-electron chi connectivity index (χ0n) is 11.6. The zero-order chi connectivity index (χ0) is 14.0. The van der Waals surface area contributed by atoms with E-state index in [0.717, 1.165) is 12.8 Å². The van der Waals surface area contributed by atoms with E-state index in [-0.39, 0.29) is 17.6 Å². The normalized spacial score (nSPS) is 26.3. The summed E-state index contributed by atoms with van der Waals surface area (Å²) in [5.41, 5.74) is 6.51. The van der Waals surface area contributed by atoms with Crippen LogP contribution in [0.3, 0.4) is 0 Å². The highest BCUT2D eigenvalue weighted by molar-refractivity contribution is 5.35. The molecule has 0 bridgehead atoms. The molecule has 4 heteroatoms. The fourth-order valence-electron chi connectivity index (χ4n) is 3.27. The van der Waals surface area contributed by atoms with Crippen LogP contribution in [0.1, 0.15) is 44.7 Å². The number of nitrogens with two attached hydrogens (primary N) is 1. The Kier molecular flexibility index (Phi) is 4.42. The third-order valence-corrected chi connectivity index (χ3v) is 4.25. The average Bonchev–Trinajstić information content (AvgIpc) is 2.40. The van der Waals surface area contributed by atoms with E-state index in [1.54, 1.807) is 0 Å². The molecule has 0 radical (unpaired) electrons. The van der Waals surface area contributed by atoms with Gasteiger partial charge in [0.2, 0.25) is 0 Å². The van der Waals surface area contributed by atoms with Crippen molar-refractivity contribution in [1.29, 1.82) is 0 Å². The van der Waals surface area contributed by atoms with Gasteiger partial charge in [0.15, 0.2) is 0 Å². The smallest absolute Gasteiger partial charge is 0.123 e. The third kappa shape index (κ3) is 2.90. The molecule has 1 saturated heterocycles. The molecule has 0 spiro atoms. The van der Waals surface area contributed by atoms with Gasteiger partial charge in [-0.2, -0.15) is 0 Å². The van der Waals surface area contributed by atoms with Crippen LogP contribution in [0.4, 0.5) is 4.39 Å². The fourth-order valence-corrected chi connectivity index (χ4v) is 3.27. The van der Waals surface area contributed by atoms with E-state index >= 15 is 0 Å². The number of hydrogen-bond donors (Lipinski definition) is 2. The van der Waals surface area contributed by atoms with E-state index in [4.69, 9.17) is 5.73 Å². The lowest BCUT2D eigenvalue weighted by Crippen LogP contribution is -2.49. The van der Waals surface area contributed by atoms with Crippen molar-refractivity contribution < 1.29 is 9.50 Å². The monoisotopic (exact) mass is 266 g/mol. The SMILES string of the molecule is CC1CCCC(CN)N1C(C)c1cc(F)ccc1O. The Bertz CT molecular complexity index is 438. The van der Waals surface area contributed by atoms with E-state index < -0.39 is 0 Å². The number of benzene rings is 1. The Balaban J connectivity index is 2.30. The van der Waals surface area contributed by atoms with E-state index in [2.05, 4.69) is 11.8 Å². The van der Waals surface area contributed by atoms with Crippen molar-refractivity contribution in [3.05, 3.63) is 29.6 Å². The number of phenols is 1. The number of piperidine rings is 1. The molecule has 0 saturated carbocycles. The van der Waals surface area contributed by atoms with Gasteiger partial charge in [-0.1, -0.05) is 6.42 Å². The highest BCUT2D eigenvalue weighted by Crippen LogP contribution is 2.35. The van der Waals surface area contributed by atoms with Crippen LogP contribution in [0.2, 0.25) is 0 Å². The topological polar surface area (TPSA) is 49.5 Å². The lowest BCUT2D eigenvalue weighted by molar-refractivity contribution is 0.0559. The Morgan fingerprint density at radius 1 is 1.47 bits per heavy atom. The minimum atomic E-state index is -0.311. The number of aromatic hydroxyl groups is 1. The van der Waals surface area contributed by atoms with Crippen molar-refractivity contribution in [2.75, 3.05) is 6.54 Å². The summed E-state index contributed by atoms with van der Waals surface area (Å²) in [5.74, 6) is -0.156. The number of rotatable bonds is 3. The van der Waals surface area contributed by atoms with Crippen molar-refractivity contribution in [2.24, 2.45) is 5.73 Å². The van der Waals surface area contributed by atoms with Gasteiger partial charge in [-0.25, -0.2) is 4.39 Å². The highest BCUT2D eigenvalue weighted by Gasteiger charge is 2.32. The Hall–Kier alpha value is -1.13. The first-order chi connectivity index (χ1) is 9.04. The molecule has 1 fully saturated rings. The van der Waals surface area contributed by atoms with Crippen LogP contribution >= 0.6 is 0 Å². The molecule has 0 aliphatic carbocycles. The molecular weight excluding hydrogens is 243 g/mol. The highest BCUT2D eigenvalue weighted by atomic mass is 19.1. The first kappa shape index (κ1) is 14.3. The second kappa shape index (κ2) is 5.88. The lowest BCUT2D eigenvalue weighted by Gasteiger charge is -2.44. The molecule has 1 aliphatic heterocycles. The molecule has 1 heterocycles. The van der Waals surface area contributed by atoms with Gasteiger partial charge in [0, 0.05) is 30.2 Å². The van der Waals surface area contributed by atoms with Crippen molar-refractivity contribution in [3.8, 4) is 5.75 Å². The lowest BCUT2D eigenvalue weighted by atomic mass is 9.92. The maximum atomic E-state index is 13.4. The number of likely N-dealkylation sites (tertiary alicyclic amines) is 1. The number of phenolic OH excluding ortho intramolecular Hbond substituents is 1. The molecule has 0 amide bonds. The minimum Gasteiger partial charge on any atom is -0.508 e. The summed E-state index contributed by atoms with van der Waals surface area (Å²) in [6.07, 6.45) is 3.37. The fraction of sp³-hybridized carbons (Fsp3) is 0.600. The van der Waals surface area contributed by atoms with Gasteiger partial charge in [-0.3, -0.25) is 4.90 Å². The van der Waals surface area contributed by atoms with Crippen LogP contribution in [0.15, 0.2) is 18.2 Å². The quantitative estimate of drug-likeness (QED) is 0.884. The average molecular weight is 266 g/mol. The summed E-state index contributed by atoms with van der Waals surface area (Å²) >= 11 is 0. The minimum absolute atomic E-state index is 0.0282. The van der Waals surface area contributed by atoms with E-state index in [9.17, 15) is 9.50 Å². The molecule has 19 heavy (non-hydrogen) atoms. The van der Waals surface area contributed by atoms with E-state index in [0.29, 0.717) is 24.2 Å². The Labute approximate surface area is 114 Å². The van der Waals surface area contributed by atoms with Crippen molar-refractivity contribution in [1.82, 2.24) is 4.90 Å². The second-order valence-electron chi connectivity index (χ2n) is 5.50. The van der Waals surface area contributed by atoms with Crippen molar-refractivity contribution in [3.63, 3.8) is 0 Å². The molecule has 3 unspecified atom stereocenters. The van der Waals surface area contributed by atoms with Crippen LogP contribution in [0, 0.1) is 5.82 Å². The molecule has 1 aromatic rings. The first-order valence-electron chi connectivity index (χ1n) is 7.00. The molecule has 106 valence electrons. The van der Waals surface area contributed by atoms with Crippen LogP contribution in [0.25, 0.3) is 0 Å². The third-order valence-electron chi connectivity index (χ3n) is 4.25. The van der Waals surface area contributed by atoms with Gasteiger partial charge in [0.25, 0.3) is 0 Å². The molecule has 3 nitrogen and oxygen atoms in total. The summed E-state index contributed by atoms with van der Waals surface area (Å²) in [7, 11) is 0. The summed E-state index contributed by atoms with van der Waals surface area (Å²) in [5, 5.41) is 9.96. The van der Waals surface area contributed by atoms with Gasteiger partial charge in [0.05, 0.1) is 0 Å². The molecule has 2 rings (SSSR count). The predicted octanol–water partition coefficient (Wildman–Crippen LogP) is 2.79. The van der Waals surface area contributed by atoms with Crippen molar-refractivity contribution >= 4 is 0 Å².